The van der Waals surface area contributed by atoms with Gasteiger partial charge < -0.3 is 10.5 Å². The average Bonchev–Trinajstić information content (AvgIpc) is 2.59. The van der Waals surface area contributed by atoms with Crippen LogP contribution in [0.5, 0.6) is 5.75 Å². The number of hydrogen-bond acceptors (Lipinski definition) is 4. The van der Waals surface area contributed by atoms with E-state index in [-0.39, 0.29) is 5.75 Å². The van der Waals surface area contributed by atoms with E-state index in [0.717, 1.165) is 5.56 Å². The second-order valence-corrected chi connectivity index (χ2v) is 7.50. The number of sulfonamides is 1. The third-order valence-electron chi connectivity index (χ3n) is 3.75. The Labute approximate surface area is 144 Å². The van der Waals surface area contributed by atoms with Crippen molar-refractivity contribution >= 4 is 10.0 Å². The van der Waals surface area contributed by atoms with Crippen LogP contribution in [-0.2, 0) is 22.2 Å². The van der Waals surface area contributed by atoms with Crippen molar-refractivity contribution in [2.75, 3.05) is 26.7 Å². The van der Waals surface area contributed by atoms with Crippen molar-refractivity contribution in [2.45, 2.75) is 12.2 Å². The minimum Gasteiger partial charge on any atom is -0.497 e. The normalized spacial score (nSPS) is 11.6. The lowest BCUT2D eigenvalue weighted by atomic mass is 10.1. The molecule has 24 heavy (non-hydrogen) atoms. The lowest BCUT2D eigenvalue weighted by Crippen LogP contribution is -2.37. The minimum absolute atomic E-state index is 0.0566. The van der Waals surface area contributed by atoms with Gasteiger partial charge in [-0.05, 0) is 29.7 Å². The lowest BCUT2D eigenvalue weighted by molar-refractivity contribution is 0.413. The summed E-state index contributed by atoms with van der Waals surface area (Å²) < 4.78 is 32.1. The highest BCUT2D eigenvalue weighted by atomic mass is 32.2. The SMILES string of the molecule is COc1cccc(CS(=O)(=O)N(CCN)CCc2ccccc2)c1. The number of hydrogen-bond donors (Lipinski definition) is 1. The van der Waals surface area contributed by atoms with Gasteiger partial charge in [0.1, 0.15) is 5.75 Å². The van der Waals surface area contributed by atoms with Gasteiger partial charge in [-0.1, -0.05) is 42.5 Å². The van der Waals surface area contributed by atoms with Crippen molar-refractivity contribution in [2.24, 2.45) is 5.73 Å². The average molecular weight is 348 g/mol. The summed E-state index contributed by atoms with van der Waals surface area (Å²) in [6.07, 6.45) is 0.665. The van der Waals surface area contributed by atoms with Gasteiger partial charge in [0.15, 0.2) is 0 Å². The van der Waals surface area contributed by atoms with Crippen LogP contribution >= 0.6 is 0 Å². The zero-order valence-corrected chi connectivity index (χ0v) is 14.7. The van der Waals surface area contributed by atoms with Gasteiger partial charge in [-0.2, -0.15) is 0 Å². The van der Waals surface area contributed by atoms with E-state index in [1.165, 1.54) is 4.31 Å². The first kappa shape index (κ1) is 18.4. The van der Waals surface area contributed by atoms with Gasteiger partial charge in [0, 0.05) is 19.6 Å². The Bertz CT molecular complexity index is 733. The molecule has 0 aliphatic heterocycles. The largest absolute Gasteiger partial charge is 0.497 e. The molecule has 130 valence electrons. The predicted octanol–water partition coefficient (Wildman–Crippen LogP) is 2.03. The van der Waals surface area contributed by atoms with E-state index in [0.29, 0.717) is 37.4 Å². The summed E-state index contributed by atoms with van der Waals surface area (Å²) in [5.74, 6) is 0.594. The molecule has 0 fully saturated rings. The first-order valence-corrected chi connectivity index (χ1v) is 9.51. The van der Waals surface area contributed by atoms with Crippen molar-refractivity contribution in [3.63, 3.8) is 0 Å². The molecule has 0 aliphatic rings. The van der Waals surface area contributed by atoms with E-state index in [4.69, 9.17) is 10.5 Å². The highest BCUT2D eigenvalue weighted by molar-refractivity contribution is 7.88. The number of nitrogens with two attached hydrogens (primary N) is 1. The standard InChI is InChI=1S/C18H24N2O3S/c1-23-18-9-5-8-17(14-18)15-24(21,22)20(13-11-19)12-10-16-6-3-2-4-7-16/h2-9,14H,10-13,15,19H2,1H3. The van der Waals surface area contributed by atoms with E-state index in [9.17, 15) is 8.42 Å². The van der Waals surface area contributed by atoms with E-state index < -0.39 is 10.0 Å². The lowest BCUT2D eigenvalue weighted by Gasteiger charge is -2.21. The predicted molar refractivity (Wildman–Crippen MR) is 96.4 cm³/mol. The van der Waals surface area contributed by atoms with Crippen molar-refractivity contribution < 1.29 is 13.2 Å². The second-order valence-electron chi connectivity index (χ2n) is 5.53. The first-order valence-electron chi connectivity index (χ1n) is 7.90. The Hall–Kier alpha value is -1.89. The van der Waals surface area contributed by atoms with Gasteiger partial charge in [0.05, 0.1) is 12.9 Å². The molecule has 0 aliphatic carbocycles. The van der Waals surface area contributed by atoms with Crippen LogP contribution in [-0.4, -0.2) is 39.5 Å². The summed E-state index contributed by atoms with van der Waals surface area (Å²) in [7, 11) is -1.87. The summed E-state index contributed by atoms with van der Waals surface area (Å²) >= 11 is 0. The third-order valence-corrected chi connectivity index (χ3v) is 5.60. The van der Waals surface area contributed by atoms with Crippen LogP contribution < -0.4 is 10.5 Å². The Balaban J connectivity index is 2.09. The summed E-state index contributed by atoms with van der Waals surface area (Å²) in [6.45, 7) is 1.04. The monoisotopic (exact) mass is 348 g/mol. The van der Waals surface area contributed by atoms with Crippen LogP contribution in [0.4, 0.5) is 0 Å². The van der Waals surface area contributed by atoms with E-state index in [2.05, 4.69) is 0 Å². The molecule has 0 saturated heterocycles. The maximum atomic E-state index is 12.7. The molecule has 0 heterocycles. The van der Waals surface area contributed by atoms with Gasteiger partial charge in [-0.3, -0.25) is 0 Å². The van der Waals surface area contributed by atoms with Gasteiger partial charge >= 0.3 is 0 Å². The van der Waals surface area contributed by atoms with Crippen molar-refractivity contribution in [3.8, 4) is 5.75 Å². The maximum absolute atomic E-state index is 12.7. The van der Waals surface area contributed by atoms with Crippen molar-refractivity contribution in [3.05, 3.63) is 65.7 Å². The minimum atomic E-state index is -3.43. The third kappa shape index (κ3) is 5.33. The molecule has 2 rings (SSSR count). The molecule has 0 radical (unpaired) electrons. The zero-order valence-electron chi connectivity index (χ0n) is 13.9. The molecule has 0 saturated carbocycles. The number of rotatable bonds is 9. The van der Waals surface area contributed by atoms with Gasteiger partial charge in [0.25, 0.3) is 0 Å². The summed E-state index contributed by atoms with van der Waals surface area (Å²) in [6, 6.07) is 17.0. The maximum Gasteiger partial charge on any atom is 0.218 e. The number of benzene rings is 2. The first-order chi connectivity index (χ1) is 11.5. The Morgan fingerprint density at radius 3 is 2.38 bits per heavy atom. The fraction of sp³-hybridized carbons (Fsp3) is 0.333. The number of methoxy groups -OCH3 is 1. The van der Waals surface area contributed by atoms with Crippen molar-refractivity contribution in [1.82, 2.24) is 4.31 Å². The fourth-order valence-electron chi connectivity index (χ4n) is 2.50. The molecule has 0 aromatic heterocycles. The van der Waals surface area contributed by atoms with Crippen LogP contribution in [0.1, 0.15) is 11.1 Å². The summed E-state index contributed by atoms with van der Waals surface area (Å²) in [4.78, 5) is 0. The van der Waals surface area contributed by atoms with Crippen LogP contribution in [0.2, 0.25) is 0 Å². The molecular weight excluding hydrogens is 324 g/mol. The molecule has 2 N–H and O–H groups in total. The zero-order chi connectivity index (χ0) is 17.4. The van der Waals surface area contributed by atoms with E-state index >= 15 is 0 Å². The molecule has 5 nitrogen and oxygen atoms in total. The van der Waals surface area contributed by atoms with E-state index in [1.54, 1.807) is 31.4 Å². The second kappa shape index (κ2) is 8.82. The van der Waals surface area contributed by atoms with Crippen LogP contribution in [0, 0.1) is 0 Å². The Morgan fingerprint density at radius 2 is 1.71 bits per heavy atom. The summed E-state index contributed by atoms with van der Waals surface area (Å²) in [5.41, 5.74) is 7.42. The quantitative estimate of drug-likeness (QED) is 0.752. The van der Waals surface area contributed by atoms with Crippen LogP contribution in [0.15, 0.2) is 54.6 Å². The molecule has 0 spiro atoms. The van der Waals surface area contributed by atoms with Gasteiger partial charge in [0.2, 0.25) is 10.0 Å². The van der Waals surface area contributed by atoms with Crippen LogP contribution in [0.3, 0.4) is 0 Å². The molecule has 0 amide bonds. The highest BCUT2D eigenvalue weighted by Gasteiger charge is 2.22. The van der Waals surface area contributed by atoms with Crippen LogP contribution in [0.25, 0.3) is 0 Å². The smallest absolute Gasteiger partial charge is 0.218 e. The number of nitrogens with zero attached hydrogens (tertiary/aromatic N) is 1. The number of ether oxygens (including phenoxy) is 1. The molecule has 2 aromatic carbocycles. The van der Waals surface area contributed by atoms with E-state index in [1.807, 2.05) is 30.3 Å². The molecule has 0 atom stereocenters. The Kier molecular flexibility index (Phi) is 6.78. The molecule has 6 heteroatoms. The molecule has 2 aromatic rings. The van der Waals surface area contributed by atoms with Gasteiger partial charge in [-0.25, -0.2) is 12.7 Å². The van der Waals surface area contributed by atoms with Crippen molar-refractivity contribution in [1.29, 1.82) is 0 Å². The highest BCUT2D eigenvalue weighted by Crippen LogP contribution is 2.17. The molecular formula is C18H24N2O3S. The summed E-state index contributed by atoms with van der Waals surface area (Å²) in [5, 5.41) is 0. The Morgan fingerprint density at radius 1 is 1.00 bits per heavy atom. The fourth-order valence-corrected chi connectivity index (χ4v) is 4.03. The van der Waals surface area contributed by atoms with Gasteiger partial charge in [-0.15, -0.1) is 0 Å². The molecule has 0 unspecified atom stereocenters. The molecule has 0 bridgehead atoms. The topological polar surface area (TPSA) is 72.6 Å².